The zero-order chi connectivity index (χ0) is 27.7. The van der Waals surface area contributed by atoms with Crippen molar-refractivity contribution in [2.24, 2.45) is 0 Å². The van der Waals surface area contributed by atoms with Crippen LogP contribution in [0.4, 0.5) is 18.9 Å². The summed E-state index contributed by atoms with van der Waals surface area (Å²) in [5.74, 6) is 0.507. The number of alkyl halides is 3. The van der Waals surface area contributed by atoms with Crippen LogP contribution in [-0.2, 0) is 6.18 Å². The van der Waals surface area contributed by atoms with Crippen LogP contribution >= 0.6 is 0 Å². The van der Waals surface area contributed by atoms with E-state index in [1.807, 2.05) is 61.2 Å². The fourth-order valence-electron chi connectivity index (χ4n) is 4.89. The smallest absolute Gasteiger partial charge is 0.416 e. The molecule has 1 aliphatic rings. The minimum Gasteiger partial charge on any atom is -0.497 e. The largest absolute Gasteiger partial charge is 0.497 e. The number of rotatable bonds is 5. The molecule has 0 N–H and O–H groups in total. The molecule has 0 atom stereocenters. The fraction of sp³-hybridized carbons (Fsp3) is 0.267. The maximum atomic E-state index is 13.8. The van der Waals surface area contributed by atoms with Crippen molar-refractivity contribution in [1.82, 2.24) is 14.7 Å². The maximum absolute atomic E-state index is 13.8. The van der Waals surface area contributed by atoms with Gasteiger partial charge in [0.25, 0.3) is 5.91 Å². The molecular formula is C30H29F3N4O2. The minimum atomic E-state index is -4.40. The summed E-state index contributed by atoms with van der Waals surface area (Å²) in [6.45, 7) is 5.60. The molecule has 0 aliphatic carbocycles. The Morgan fingerprint density at radius 3 is 2.33 bits per heavy atom. The molecule has 0 unspecified atom stereocenters. The van der Waals surface area contributed by atoms with Gasteiger partial charge in [-0.1, -0.05) is 35.9 Å². The Balaban J connectivity index is 1.43. The Kier molecular flexibility index (Phi) is 7.08. The van der Waals surface area contributed by atoms with E-state index in [2.05, 4.69) is 0 Å². The highest BCUT2D eigenvalue weighted by atomic mass is 19.4. The van der Waals surface area contributed by atoms with Gasteiger partial charge in [-0.3, -0.25) is 4.79 Å². The van der Waals surface area contributed by atoms with Crippen molar-refractivity contribution >= 4 is 11.6 Å². The molecule has 0 radical (unpaired) electrons. The summed E-state index contributed by atoms with van der Waals surface area (Å²) in [6, 6.07) is 20.6. The lowest BCUT2D eigenvalue weighted by atomic mass is 10.1. The van der Waals surface area contributed by atoms with E-state index in [1.165, 1.54) is 6.07 Å². The molecule has 0 bridgehead atoms. The fourth-order valence-corrected chi connectivity index (χ4v) is 4.89. The quantitative estimate of drug-likeness (QED) is 0.308. The van der Waals surface area contributed by atoms with Crippen LogP contribution in [0, 0.1) is 13.8 Å². The van der Waals surface area contributed by atoms with Crippen LogP contribution in [0.25, 0.3) is 16.9 Å². The summed E-state index contributed by atoms with van der Waals surface area (Å²) >= 11 is 0. The normalized spacial score (nSPS) is 14.0. The van der Waals surface area contributed by atoms with Crippen LogP contribution in [-0.4, -0.2) is 53.9 Å². The summed E-state index contributed by atoms with van der Waals surface area (Å²) in [5, 5.41) is 4.82. The number of carbonyl (C=O) groups excluding carboxylic acids is 1. The lowest BCUT2D eigenvalue weighted by Gasteiger charge is -2.36. The number of aryl methyl sites for hydroxylation is 2. The van der Waals surface area contributed by atoms with Crippen molar-refractivity contribution in [3.63, 3.8) is 0 Å². The van der Waals surface area contributed by atoms with Crippen molar-refractivity contribution in [2.75, 3.05) is 38.2 Å². The Morgan fingerprint density at radius 2 is 1.64 bits per heavy atom. The number of piperazine rings is 1. The number of halogens is 3. The van der Waals surface area contributed by atoms with Crippen LogP contribution < -0.4 is 9.64 Å². The molecule has 3 aromatic carbocycles. The summed E-state index contributed by atoms with van der Waals surface area (Å²) in [6.07, 6.45) is -4.40. The molecule has 4 aromatic rings. The average Bonchev–Trinajstić information content (AvgIpc) is 3.37. The highest BCUT2D eigenvalue weighted by Gasteiger charge is 2.32. The Labute approximate surface area is 225 Å². The van der Waals surface area contributed by atoms with Crippen LogP contribution in [0.15, 0.2) is 72.8 Å². The van der Waals surface area contributed by atoms with E-state index >= 15 is 0 Å². The molecule has 1 saturated heterocycles. The van der Waals surface area contributed by atoms with Gasteiger partial charge < -0.3 is 14.5 Å². The maximum Gasteiger partial charge on any atom is 0.416 e. The van der Waals surface area contributed by atoms with E-state index in [0.29, 0.717) is 49.0 Å². The number of hydrogen-bond donors (Lipinski definition) is 0. The second-order valence-electron chi connectivity index (χ2n) is 9.68. The van der Waals surface area contributed by atoms with Crippen molar-refractivity contribution in [2.45, 2.75) is 20.0 Å². The molecule has 1 amide bonds. The Hall–Kier alpha value is -4.27. The standard InChI is InChI=1S/C30H29F3N4O2/c1-20-10-11-27(21(2)16-20)37-28(19-26(34-37)22-6-4-9-25(17-22)39-3)29(38)36-14-12-35(13-15-36)24-8-5-7-23(18-24)30(31,32)33/h4-11,16-19H,12-15H2,1-3H3. The van der Waals surface area contributed by atoms with E-state index in [9.17, 15) is 18.0 Å². The second-order valence-corrected chi connectivity index (χ2v) is 9.68. The predicted octanol–water partition coefficient (Wildman–Crippen LogP) is 6.15. The SMILES string of the molecule is COc1cccc(-c2cc(C(=O)N3CCN(c4cccc(C(F)(F)F)c4)CC3)n(-c3ccc(C)cc3C)n2)c1. The average molecular weight is 535 g/mol. The van der Waals surface area contributed by atoms with Gasteiger partial charge in [0, 0.05) is 37.4 Å². The molecular weight excluding hydrogens is 505 g/mol. The van der Waals surface area contributed by atoms with Gasteiger partial charge in [-0.25, -0.2) is 4.68 Å². The lowest BCUT2D eigenvalue weighted by Crippen LogP contribution is -2.49. The molecule has 202 valence electrons. The second kappa shape index (κ2) is 10.5. The number of benzene rings is 3. The highest BCUT2D eigenvalue weighted by molar-refractivity contribution is 5.94. The van der Waals surface area contributed by atoms with E-state index in [-0.39, 0.29) is 5.91 Å². The lowest BCUT2D eigenvalue weighted by molar-refractivity contribution is -0.137. The molecule has 5 rings (SSSR count). The molecule has 1 aromatic heterocycles. The van der Waals surface area contributed by atoms with Gasteiger partial charge in [-0.05, 0) is 61.9 Å². The highest BCUT2D eigenvalue weighted by Crippen LogP contribution is 2.32. The summed E-state index contributed by atoms with van der Waals surface area (Å²) < 4.78 is 46.7. The molecule has 1 aliphatic heterocycles. The van der Waals surface area contributed by atoms with Gasteiger partial charge in [0.1, 0.15) is 11.4 Å². The molecule has 6 nitrogen and oxygen atoms in total. The van der Waals surface area contributed by atoms with Crippen molar-refractivity contribution < 1.29 is 22.7 Å². The zero-order valence-electron chi connectivity index (χ0n) is 22.0. The van der Waals surface area contributed by atoms with E-state index in [4.69, 9.17) is 9.84 Å². The molecule has 0 spiro atoms. The molecule has 2 heterocycles. The molecule has 1 fully saturated rings. The monoisotopic (exact) mass is 534 g/mol. The van der Waals surface area contributed by atoms with Crippen molar-refractivity contribution in [1.29, 1.82) is 0 Å². The van der Waals surface area contributed by atoms with Crippen molar-refractivity contribution in [3.05, 3.63) is 95.2 Å². The molecule has 39 heavy (non-hydrogen) atoms. The number of methoxy groups -OCH3 is 1. The van der Waals surface area contributed by atoms with E-state index in [1.54, 1.807) is 28.8 Å². The van der Waals surface area contributed by atoms with Gasteiger partial charge in [-0.15, -0.1) is 0 Å². The number of nitrogens with zero attached hydrogens (tertiary/aromatic N) is 4. The number of aromatic nitrogens is 2. The van der Waals surface area contributed by atoms with Crippen LogP contribution in [0.2, 0.25) is 0 Å². The molecule has 9 heteroatoms. The summed E-state index contributed by atoms with van der Waals surface area (Å²) in [4.78, 5) is 17.5. The third-order valence-electron chi connectivity index (χ3n) is 6.98. The first-order valence-corrected chi connectivity index (χ1v) is 12.7. The van der Waals surface area contributed by atoms with E-state index < -0.39 is 11.7 Å². The minimum absolute atomic E-state index is 0.180. The van der Waals surface area contributed by atoms with Crippen molar-refractivity contribution in [3.8, 4) is 22.7 Å². The van der Waals surface area contributed by atoms with Gasteiger partial charge >= 0.3 is 6.18 Å². The van der Waals surface area contributed by atoms with Crippen LogP contribution in [0.3, 0.4) is 0 Å². The first-order chi connectivity index (χ1) is 18.6. The number of carbonyl (C=O) groups is 1. The molecule has 0 saturated carbocycles. The predicted molar refractivity (Wildman–Crippen MR) is 145 cm³/mol. The summed E-state index contributed by atoms with van der Waals surface area (Å²) in [7, 11) is 1.60. The number of hydrogen-bond acceptors (Lipinski definition) is 4. The van der Waals surface area contributed by atoms with Crippen LogP contribution in [0.5, 0.6) is 5.75 Å². The number of anilines is 1. The van der Waals surface area contributed by atoms with Gasteiger partial charge in [0.15, 0.2) is 0 Å². The first-order valence-electron chi connectivity index (χ1n) is 12.7. The Bertz CT molecular complexity index is 1500. The number of ether oxygens (including phenoxy) is 1. The zero-order valence-corrected chi connectivity index (χ0v) is 22.0. The number of amides is 1. The van der Waals surface area contributed by atoms with Crippen LogP contribution in [0.1, 0.15) is 27.2 Å². The van der Waals surface area contributed by atoms with E-state index in [0.717, 1.165) is 34.5 Å². The third kappa shape index (κ3) is 5.48. The van der Waals surface area contributed by atoms with Gasteiger partial charge in [-0.2, -0.15) is 18.3 Å². The third-order valence-corrected chi connectivity index (χ3v) is 6.98. The topological polar surface area (TPSA) is 50.6 Å². The summed E-state index contributed by atoms with van der Waals surface area (Å²) in [5.41, 5.74) is 4.60. The van der Waals surface area contributed by atoms with Gasteiger partial charge in [0.2, 0.25) is 0 Å². The Morgan fingerprint density at radius 1 is 0.897 bits per heavy atom. The first kappa shape index (κ1) is 26.3. The van der Waals surface area contributed by atoms with Gasteiger partial charge in [0.05, 0.1) is 24.1 Å².